The maximum absolute atomic E-state index is 12.7. The van der Waals surface area contributed by atoms with E-state index in [2.05, 4.69) is 9.47 Å². The number of amides is 1. The first-order valence-electron chi connectivity index (χ1n) is 7.59. The number of β-amino-alcohol motifs (C(OH)–C–C–N with tert-alkyl or cyclic N) is 1. The lowest BCUT2D eigenvalue weighted by Crippen LogP contribution is -2.36. The van der Waals surface area contributed by atoms with E-state index in [4.69, 9.17) is 5.11 Å². The van der Waals surface area contributed by atoms with Crippen molar-refractivity contribution < 1.29 is 9.90 Å². The Morgan fingerprint density at radius 1 is 1.25 bits per heavy atom. The molecule has 1 aromatic rings. The molecule has 2 aliphatic rings. The highest BCUT2D eigenvalue weighted by atomic mass is 16.3. The Morgan fingerprint density at radius 3 is 2.85 bits per heavy atom. The van der Waals surface area contributed by atoms with Gasteiger partial charge in [0.1, 0.15) is 5.69 Å². The highest BCUT2D eigenvalue weighted by molar-refractivity contribution is 5.93. The van der Waals surface area contributed by atoms with E-state index in [-0.39, 0.29) is 12.5 Å². The summed E-state index contributed by atoms with van der Waals surface area (Å²) >= 11 is 0. The van der Waals surface area contributed by atoms with Gasteiger partial charge in [0.15, 0.2) is 0 Å². The van der Waals surface area contributed by atoms with Gasteiger partial charge < -0.3 is 14.6 Å². The van der Waals surface area contributed by atoms with Gasteiger partial charge in [-0.3, -0.25) is 9.69 Å². The molecule has 110 valence electrons. The molecule has 1 N–H and O–H groups in total. The molecule has 1 saturated heterocycles. The molecular formula is C15H23N3O2. The summed E-state index contributed by atoms with van der Waals surface area (Å²) in [7, 11) is 0. The van der Waals surface area contributed by atoms with E-state index in [9.17, 15) is 4.79 Å². The second kappa shape index (κ2) is 5.97. The summed E-state index contributed by atoms with van der Waals surface area (Å²) in [5, 5.41) is 9.01. The van der Waals surface area contributed by atoms with Crippen molar-refractivity contribution in [2.75, 3.05) is 39.3 Å². The van der Waals surface area contributed by atoms with Crippen LogP contribution in [0.4, 0.5) is 0 Å². The molecule has 1 aromatic heterocycles. The van der Waals surface area contributed by atoms with Crippen molar-refractivity contribution in [2.24, 2.45) is 0 Å². The molecule has 20 heavy (non-hydrogen) atoms. The van der Waals surface area contributed by atoms with Crippen LogP contribution < -0.4 is 0 Å². The number of aliphatic hydroxyl groups excluding tert-OH is 1. The minimum absolute atomic E-state index is 0.160. The average Bonchev–Trinajstić information content (AvgIpc) is 3.22. The smallest absolute Gasteiger partial charge is 0.270 e. The van der Waals surface area contributed by atoms with Gasteiger partial charge in [0.05, 0.1) is 6.61 Å². The maximum atomic E-state index is 12.7. The number of nitrogens with zero attached hydrogens (tertiary/aromatic N) is 3. The molecule has 0 radical (unpaired) electrons. The minimum Gasteiger partial charge on any atom is -0.395 e. The monoisotopic (exact) mass is 277 g/mol. The summed E-state index contributed by atoms with van der Waals surface area (Å²) in [6.07, 6.45) is 5.40. The molecule has 0 unspecified atom stereocenters. The van der Waals surface area contributed by atoms with E-state index in [1.165, 1.54) is 12.8 Å². The third-order valence-corrected chi connectivity index (χ3v) is 4.23. The van der Waals surface area contributed by atoms with Crippen LogP contribution >= 0.6 is 0 Å². The Kier molecular flexibility index (Phi) is 4.08. The van der Waals surface area contributed by atoms with Crippen LogP contribution in [0.1, 0.15) is 35.8 Å². The zero-order valence-corrected chi connectivity index (χ0v) is 11.9. The topological polar surface area (TPSA) is 48.7 Å². The third kappa shape index (κ3) is 2.88. The highest BCUT2D eigenvalue weighted by Crippen LogP contribution is 2.36. The highest BCUT2D eigenvalue weighted by Gasteiger charge is 2.29. The van der Waals surface area contributed by atoms with Crippen LogP contribution in [0.25, 0.3) is 0 Å². The number of rotatable bonds is 4. The van der Waals surface area contributed by atoms with Crippen molar-refractivity contribution >= 4 is 5.91 Å². The number of aromatic nitrogens is 1. The lowest BCUT2D eigenvalue weighted by molar-refractivity contribution is 0.0749. The summed E-state index contributed by atoms with van der Waals surface area (Å²) < 4.78 is 2.14. The normalized spacial score (nSPS) is 20.9. The number of hydrogen-bond donors (Lipinski definition) is 1. The fraction of sp³-hybridized carbons (Fsp3) is 0.667. The van der Waals surface area contributed by atoms with Gasteiger partial charge in [-0.1, -0.05) is 0 Å². The Balaban J connectivity index is 1.66. The van der Waals surface area contributed by atoms with Crippen LogP contribution in [0.2, 0.25) is 0 Å². The Morgan fingerprint density at radius 2 is 2.10 bits per heavy atom. The van der Waals surface area contributed by atoms with Gasteiger partial charge in [-0.25, -0.2) is 0 Å². The van der Waals surface area contributed by atoms with Crippen LogP contribution in [0.3, 0.4) is 0 Å². The summed E-state index contributed by atoms with van der Waals surface area (Å²) in [4.78, 5) is 16.9. The van der Waals surface area contributed by atoms with Gasteiger partial charge in [0, 0.05) is 38.4 Å². The van der Waals surface area contributed by atoms with Gasteiger partial charge in [-0.15, -0.1) is 0 Å². The first-order valence-corrected chi connectivity index (χ1v) is 7.59. The van der Waals surface area contributed by atoms with E-state index in [0.29, 0.717) is 12.6 Å². The minimum atomic E-state index is 0.160. The van der Waals surface area contributed by atoms with Crippen molar-refractivity contribution in [1.82, 2.24) is 14.4 Å². The molecule has 1 aliphatic heterocycles. The van der Waals surface area contributed by atoms with Gasteiger partial charge in [-0.2, -0.15) is 0 Å². The van der Waals surface area contributed by atoms with Gasteiger partial charge in [0.2, 0.25) is 0 Å². The van der Waals surface area contributed by atoms with Crippen LogP contribution in [0.5, 0.6) is 0 Å². The SMILES string of the molecule is O=C(c1cccn1C1CC1)N1CCCN(CCO)CC1. The van der Waals surface area contributed by atoms with Gasteiger partial charge >= 0.3 is 0 Å². The molecule has 5 nitrogen and oxygen atoms in total. The van der Waals surface area contributed by atoms with E-state index in [1.807, 2.05) is 23.2 Å². The van der Waals surface area contributed by atoms with Crippen LogP contribution in [0.15, 0.2) is 18.3 Å². The maximum Gasteiger partial charge on any atom is 0.270 e. The van der Waals surface area contributed by atoms with Gasteiger partial charge in [0.25, 0.3) is 5.91 Å². The molecule has 0 aromatic carbocycles. The second-order valence-electron chi connectivity index (χ2n) is 5.74. The first kappa shape index (κ1) is 13.6. The molecule has 5 heteroatoms. The average molecular weight is 277 g/mol. The zero-order chi connectivity index (χ0) is 13.9. The molecule has 0 spiro atoms. The Labute approximate surface area is 119 Å². The van der Waals surface area contributed by atoms with E-state index in [1.54, 1.807) is 0 Å². The summed E-state index contributed by atoms with van der Waals surface area (Å²) in [5.74, 6) is 0.160. The van der Waals surface area contributed by atoms with Crippen LogP contribution in [0, 0.1) is 0 Å². The number of carbonyl (C=O) groups is 1. The fourth-order valence-electron chi connectivity index (χ4n) is 2.95. The molecular weight excluding hydrogens is 254 g/mol. The van der Waals surface area contributed by atoms with E-state index in [0.717, 1.165) is 38.3 Å². The Bertz CT molecular complexity index is 467. The predicted octanol–water partition coefficient (Wildman–Crippen LogP) is 0.963. The van der Waals surface area contributed by atoms with Crippen molar-refractivity contribution in [3.63, 3.8) is 0 Å². The molecule has 1 aliphatic carbocycles. The van der Waals surface area contributed by atoms with Crippen LogP contribution in [-0.2, 0) is 0 Å². The molecule has 2 heterocycles. The lowest BCUT2D eigenvalue weighted by Gasteiger charge is -2.22. The molecule has 0 atom stereocenters. The number of aliphatic hydroxyl groups is 1. The number of carbonyl (C=O) groups excluding carboxylic acids is 1. The van der Waals surface area contributed by atoms with Gasteiger partial charge in [-0.05, 0) is 37.9 Å². The van der Waals surface area contributed by atoms with Crippen molar-refractivity contribution in [3.8, 4) is 0 Å². The molecule has 1 amide bonds. The third-order valence-electron chi connectivity index (χ3n) is 4.23. The first-order chi connectivity index (χ1) is 9.79. The van der Waals surface area contributed by atoms with E-state index >= 15 is 0 Å². The zero-order valence-electron chi connectivity index (χ0n) is 11.9. The summed E-state index contributed by atoms with van der Waals surface area (Å²) in [5.41, 5.74) is 0.836. The van der Waals surface area contributed by atoms with Crippen molar-refractivity contribution in [1.29, 1.82) is 0 Å². The van der Waals surface area contributed by atoms with Crippen LogP contribution in [-0.4, -0.2) is 64.7 Å². The molecule has 3 rings (SSSR count). The lowest BCUT2D eigenvalue weighted by atomic mass is 10.3. The summed E-state index contributed by atoms with van der Waals surface area (Å²) in [6, 6.07) is 4.46. The second-order valence-corrected chi connectivity index (χ2v) is 5.74. The molecule has 1 saturated carbocycles. The fourth-order valence-corrected chi connectivity index (χ4v) is 2.95. The predicted molar refractivity (Wildman–Crippen MR) is 76.7 cm³/mol. The quantitative estimate of drug-likeness (QED) is 0.892. The standard InChI is InChI=1S/C15H23N3O2/c19-12-11-16-6-2-7-17(10-9-16)15(20)14-3-1-8-18(14)13-4-5-13/h1,3,8,13,19H,2,4-7,9-12H2. The largest absolute Gasteiger partial charge is 0.395 e. The van der Waals surface area contributed by atoms with Crippen molar-refractivity contribution in [3.05, 3.63) is 24.0 Å². The van der Waals surface area contributed by atoms with E-state index < -0.39 is 0 Å². The molecule has 2 fully saturated rings. The van der Waals surface area contributed by atoms with Crippen molar-refractivity contribution in [2.45, 2.75) is 25.3 Å². The number of hydrogen-bond acceptors (Lipinski definition) is 3. The Hall–Kier alpha value is -1.33. The molecule has 0 bridgehead atoms. The summed E-state index contributed by atoms with van der Waals surface area (Å²) in [6.45, 7) is 4.30.